The Bertz CT molecular complexity index is 1240. The summed E-state index contributed by atoms with van der Waals surface area (Å²) in [5, 5.41) is 4.22. The number of hydrogen-bond acceptors (Lipinski definition) is 3. The first-order valence-electron chi connectivity index (χ1n) is 7.49. The topological polar surface area (TPSA) is 43.4 Å². The minimum absolute atomic E-state index is 0.0344. The largest absolute Gasteiger partial charge is 0.456 e. The third-order valence-electron chi connectivity index (χ3n) is 4.38. The Morgan fingerprint density at radius 3 is 2.13 bits per heavy atom. The maximum Gasteiger partial charge on any atom is 0.159 e. The van der Waals surface area contributed by atoms with E-state index in [9.17, 15) is 4.79 Å². The third-order valence-corrected chi connectivity index (χ3v) is 4.38. The lowest BCUT2D eigenvalue weighted by Gasteiger charge is -1.94. The van der Waals surface area contributed by atoms with Crippen LogP contribution in [0.2, 0.25) is 0 Å². The zero-order valence-corrected chi connectivity index (χ0v) is 12.4. The maximum absolute atomic E-state index is 11.5. The van der Waals surface area contributed by atoms with Crippen LogP contribution in [0.25, 0.3) is 43.9 Å². The van der Waals surface area contributed by atoms with Crippen molar-refractivity contribution in [1.29, 1.82) is 0 Å². The molecule has 0 aliphatic carbocycles. The van der Waals surface area contributed by atoms with Crippen molar-refractivity contribution in [2.75, 3.05) is 0 Å². The molecular weight excluding hydrogens is 288 g/mol. The minimum Gasteiger partial charge on any atom is -0.456 e. The summed E-state index contributed by atoms with van der Waals surface area (Å²) in [5.41, 5.74) is 3.84. The fraction of sp³-hybridized carbons (Fsp3) is 0.0500. The molecule has 0 N–H and O–H groups in total. The highest BCUT2D eigenvalue weighted by molar-refractivity contribution is 6.15. The van der Waals surface area contributed by atoms with Crippen LogP contribution >= 0.6 is 0 Å². The number of benzene rings is 3. The number of rotatable bonds is 1. The average molecular weight is 300 g/mol. The summed E-state index contributed by atoms with van der Waals surface area (Å²) in [5.74, 6) is 0.0344. The lowest BCUT2D eigenvalue weighted by atomic mass is 10.1. The second kappa shape index (κ2) is 4.23. The van der Waals surface area contributed by atoms with Crippen molar-refractivity contribution in [1.82, 2.24) is 0 Å². The molecular formula is C20H12O3. The highest BCUT2D eigenvalue weighted by Crippen LogP contribution is 2.36. The van der Waals surface area contributed by atoms with Crippen LogP contribution in [-0.4, -0.2) is 5.78 Å². The molecule has 0 unspecified atom stereocenters. The molecule has 2 aromatic heterocycles. The van der Waals surface area contributed by atoms with Crippen molar-refractivity contribution >= 4 is 49.7 Å². The summed E-state index contributed by atoms with van der Waals surface area (Å²) in [6.45, 7) is 1.56. The third kappa shape index (κ3) is 1.67. The van der Waals surface area contributed by atoms with Crippen LogP contribution in [0.1, 0.15) is 17.3 Å². The van der Waals surface area contributed by atoms with Gasteiger partial charge in [0.2, 0.25) is 0 Å². The number of Topliss-reactive ketones (excluding diaryl/α,β-unsaturated/α-hetero) is 1. The zero-order valence-electron chi connectivity index (χ0n) is 12.4. The number of carbonyl (C=O) groups excluding carboxylic acids is 1. The molecule has 0 atom stereocenters. The fourth-order valence-electron chi connectivity index (χ4n) is 3.21. The van der Waals surface area contributed by atoms with E-state index in [4.69, 9.17) is 8.83 Å². The van der Waals surface area contributed by atoms with Gasteiger partial charge in [-0.15, -0.1) is 0 Å². The fourth-order valence-corrected chi connectivity index (χ4v) is 3.21. The van der Waals surface area contributed by atoms with Crippen LogP contribution in [0.4, 0.5) is 0 Å². The monoisotopic (exact) mass is 300 g/mol. The van der Waals surface area contributed by atoms with Crippen LogP contribution in [0.5, 0.6) is 0 Å². The molecule has 3 nitrogen and oxygen atoms in total. The molecule has 5 aromatic rings. The van der Waals surface area contributed by atoms with E-state index < -0.39 is 0 Å². The van der Waals surface area contributed by atoms with Crippen molar-refractivity contribution in [3.63, 3.8) is 0 Å². The van der Waals surface area contributed by atoms with Crippen molar-refractivity contribution in [2.24, 2.45) is 0 Å². The van der Waals surface area contributed by atoms with Crippen molar-refractivity contribution < 1.29 is 13.6 Å². The number of carbonyl (C=O) groups is 1. The molecule has 3 heteroatoms. The average Bonchev–Trinajstić information content (AvgIpc) is 3.09. The summed E-state index contributed by atoms with van der Waals surface area (Å²) >= 11 is 0. The van der Waals surface area contributed by atoms with Gasteiger partial charge in [-0.25, -0.2) is 0 Å². The minimum atomic E-state index is 0.0344. The normalized spacial score (nSPS) is 11.9. The van der Waals surface area contributed by atoms with Gasteiger partial charge < -0.3 is 8.83 Å². The van der Waals surface area contributed by atoms with Crippen LogP contribution in [0, 0.1) is 0 Å². The van der Waals surface area contributed by atoms with Crippen LogP contribution < -0.4 is 0 Å². The van der Waals surface area contributed by atoms with E-state index >= 15 is 0 Å². The molecule has 0 spiro atoms. The van der Waals surface area contributed by atoms with Gasteiger partial charge in [0.05, 0.1) is 0 Å². The van der Waals surface area contributed by atoms with E-state index in [2.05, 4.69) is 12.1 Å². The van der Waals surface area contributed by atoms with Crippen molar-refractivity contribution in [3.05, 3.63) is 60.2 Å². The lowest BCUT2D eigenvalue weighted by Crippen LogP contribution is -1.89. The second-order valence-corrected chi connectivity index (χ2v) is 5.81. The van der Waals surface area contributed by atoms with Gasteiger partial charge in [0.1, 0.15) is 22.3 Å². The highest BCUT2D eigenvalue weighted by atomic mass is 16.3. The van der Waals surface area contributed by atoms with E-state index in [0.717, 1.165) is 43.9 Å². The molecule has 0 saturated heterocycles. The predicted octanol–water partition coefficient (Wildman–Crippen LogP) is 5.69. The van der Waals surface area contributed by atoms with Crippen molar-refractivity contribution in [3.8, 4) is 0 Å². The smallest absolute Gasteiger partial charge is 0.159 e. The summed E-state index contributed by atoms with van der Waals surface area (Å²) < 4.78 is 11.8. The Hall–Kier alpha value is -3.07. The molecule has 23 heavy (non-hydrogen) atoms. The zero-order chi connectivity index (χ0) is 15.6. The first-order chi connectivity index (χ1) is 11.2. The van der Waals surface area contributed by atoms with Gasteiger partial charge in [-0.3, -0.25) is 4.79 Å². The molecule has 0 aliphatic heterocycles. The van der Waals surface area contributed by atoms with Gasteiger partial charge in [0, 0.05) is 33.2 Å². The van der Waals surface area contributed by atoms with Crippen LogP contribution in [0.3, 0.4) is 0 Å². The summed E-state index contributed by atoms with van der Waals surface area (Å²) in [4.78, 5) is 11.5. The van der Waals surface area contributed by atoms with Gasteiger partial charge in [0.25, 0.3) is 0 Å². The Balaban J connectivity index is 1.92. The Labute approximate surface area is 131 Å². The molecule has 0 radical (unpaired) electrons. The number of fused-ring (bicyclic) bond motifs is 6. The molecule has 5 rings (SSSR count). The predicted molar refractivity (Wildman–Crippen MR) is 91.0 cm³/mol. The van der Waals surface area contributed by atoms with Crippen LogP contribution in [0.15, 0.2) is 63.4 Å². The number of para-hydroxylation sites is 1. The summed E-state index contributed by atoms with van der Waals surface area (Å²) in [7, 11) is 0. The molecule has 3 aromatic carbocycles. The molecule has 0 saturated carbocycles. The number of furan rings is 2. The van der Waals surface area contributed by atoms with E-state index in [0.29, 0.717) is 5.56 Å². The molecule has 2 heterocycles. The van der Waals surface area contributed by atoms with Crippen molar-refractivity contribution in [2.45, 2.75) is 6.92 Å². The summed E-state index contributed by atoms with van der Waals surface area (Å²) in [6, 6.07) is 17.6. The lowest BCUT2D eigenvalue weighted by molar-refractivity contribution is 0.101. The molecule has 0 fully saturated rings. The van der Waals surface area contributed by atoms with Gasteiger partial charge in [-0.05, 0) is 31.2 Å². The first-order valence-corrected chi connectivity index (χ1v) is 7.49. The standard InChI is InChI=1S/C20H12O3/c1-11(21)12-6-7-14-16-9-15-13-4-2-3-5-17(13)22-19(15)10-20(16)23-18(14)8-12/h2-10H,1H3. The van der Waals surface area contributed by atoms with Gasteiger partial charge >= 0.3 is 0 Å². The Morgan fingerprint density at radius 2 is 1.35 bits per heavy atom. The highest BCUT2D eigenvalue weighted by Gasteiger charge is 2.13. The molecule has 0 aliphatic rings. The van der Waals surface area contributed by atoms with E-state index in [1.165, 1.54) is 0 Å². The Morgan fingerprint density at radius 1 is 0.696 bits per heavy atom. The maximum atomic E-state index is 11.5. The van der Waals surface area contributed by atoms with E-state index in [1.807, 2.05) is 36.4 Å². The quantitative estimate of drug-likeness (QED) is 0.374. The van der Waals surface area contributed by atoms with E-state index in [-0.39, 0.29) is 5.78 Å². The molecule has 0 bridgehead atoms. The van der Waals surface area contributed by atoms with Gasteiger partial charge in [-0.1, -0.05) is 24.3 Å². The summed E-state index contributed by atoms with van der Waals surface area (Å²) in [6.07, 6.45) is 0. The second-order valence-electron chi connectivity index (χ2n) is 5.81. The molecule has 110 valence electrons. The van der Waals surface area contributed by atoms with Gasteiger partial charge in [0.15, 0.2) is 5.78 Å². The van der Waals surface area contributed by atoms with E-state index in [1.54, 1.807) is 13.0 Å². The number of hydrogen-bond donors (Lipinski definition) is 0. The SMILES string of the molecule is CC(=O)c1ccc2c(c1)oc1cc3oc4ccccc4c3cc12. The Kier molecular flexibility index (Phi) is 2.29. The number of ketones is 1. The van der Waals surface area contributed by atoms with Crippen LogP contribution in [-0.2, 0) is 0 Å². The molecule has 0 amide bonds. The van der Waals surface area contributed by atoms with Gasteiger partial charge in [-0.2, -0.15) is 0 Å². The first kappa shape index (κ1) is 12.5.